The third-order valence-electron chi connectivity index (χ3n) is 6.33. The van der Waals surface area contributed by atoms with E-state index in [1.807, 2.05) is 0 Å². The van der Waals surface area contributed by atoms with Crippen LogP contribution in [0.5, 0.6) is 0 Å². The molecule has 0 aromatic heterocycles. The van der Waals surface area contributed by atoms with Crippen molar-refractivity contribution >= 4 is 5.97 Å². The van der Waals surface area contributed by atoms with Gasteiger partial charge in [-0.25, -0.2) is 9.68 Å². The third kappa shape index (κ3) is 3.88. The lowest BCUT2D eigenvalue weighted by Gasteiger charge is -2.38. The minimum atomic E-state index is -1.20. The van der Waals surface area contributed by atoms with Crippen LogP contribution in [0.4, 0.5) is 0 Å². The van der Waals surface area contributed by atoms with E-state index in [2.05, 4.69) is 13.5 Å². The molecule has 2 bridgehead atoms. The Bertz CT molecular complexity index is 611. The first-order chi connectivity index (χ1) is 12.1. The van der Waals surface area contributed by atoms with Gasteiger partial charge in [0.1, 0.15) is 17.3 Å². The van der Waals surface area contributed by atoms with Crippen LogP contribution in [0.3, 0.4) is 0 Å². The van der Waals surface area contributed by atoms with Crippen LogP contribution in [0.2, 0.25) is 0 Å². The molecule has 2 aliphatic heterocycles. The molecule has 6 nitrogen and oxygen atoms in total. The van der Waals surface area contributed by atoms with E-state index in [1.54, 1.807) is 26.0 Å². The zero-order valence-electron chi connectivity index (χ0n) is 15.9. The molecule has 6 heteroatoms. The number of carbonyl (C=O) groups is 1. The fraction of sp³-hybridized carbons (Fsp3) is 0.750. The van der Waals surface area contributed by atoms with Gasteiger partial charge in [0.25, 0.3) is 0 Å². The molecule has 146 valence electrons. The summed E-state index contributed by atoms with van der Waals surface area (Å²) in [6.45, 7) is 9.45. The summed E-state index contributed by atoms with van der Waals surface area (Å²) >= 11 is 0. The molecule has 2 N–H and O–H groups in total. The van der Waals surface area contributed by atoms with Crippen molar-refractivity contribution in [3.8, 4) is 0 Å². The van der Waals surface area contributed by atoms with Gasteiger partial charge in [0.2, 0.25) is 0 Å². The maximum absolute atomic E-state index is 12.2. The summed E-state index contributed by atoms with van der Waals surface area (Å²) in [7, 11) is 0. The normalized spacial score (nSPS) is 46.9. The second-order valence-electron chi connectivity index (χ2n) is 8.72. The largest absolute Gasteiger partial charge is 0.456 e. The van der Waals surface area contributed by atoms with Crippen molar-refractivity contribution in [1.82, 2.24) is 0 Å². The highest BCUT2D eigenvalue weighted by molar-refractivity contribution is 5.89. The number of aliphatic hydroxyl groups is 1. The summed E-state index contributed by atoms with van der Waals surface area (Å²) in [6.07, 6.45) is 6.88. The van der Waals surface area contributed by atoms with E-state index in [0.29, 0.717) is 24.8 Å². The van der Waals surface area contributed by atoms with Gasteiger partial charge >= 0.3 is 5.97 Å². The van der Waals surface area contributed by atoms with Gasteiger partial charge in [0.15, 0.2) is 0 Å². The lowest BCUT2D eigenvalue weighted by Crippen LogP contribution is -2.47. The average molecular weight is 366 g/mol. The Morgan fingerprint density at radius 3 is 2.65 bits per heavy atom. The maximum Gasteiger partial charge on any atom is 0.334 e. The second-order valence-corrected chi connectivity index (χ2v) is 8.72. The molecule has 6 unspecified atom stereocenters. The molecule has 0 aromatic rings. The van der Waals surface area contributed by atoms with Crippen molar-refractivity contribution in [2.45, 2.75) is 88.3 Å². The number of rotatable bonds is 1. The molecular formula is C20H30O6. The summed E-state index contributed by atoms with van der Waals surface area (Å²) in [5.74, 6) is -0.433. The van der Waals surface area contributed by atoms with Crippen LogP contribution in [-0.2, 0) is 19.2 Å². The second kappa shape index (κ2) is 6.75. The van der Waals surface area contributed by atoms with E-state index in [4.69, 9.17) is 14.4 Å². The van der Waals surface area contributed by atoms with Crippen molar-refractivity contribution in [2.24, 2.45) is 5.92 Å². The van der Waals surface area contributed by atoms with Gasteiger partial charge in [-0.3, -0.25) is 5.26 Å². The van der Waals surface area contributed by atoms with Gasteiger partial charge in [0, 0.05) is 5.57 Å². The van der Waals surface area contributed by atoms with Gasteiger partial charge < -0.3 is 14.6 Å². The van der Waals surface area contributed by atoms with Crippen molar-refractivity contribution in [3.63, 3.8) is 0 Å². The Morgan fingerprint density at radius 2 is 1.96 bits per heavy atom. The van der Waals surface area contributed by atoms with Crippen molar-refractivity contribution in [2.75, 3.05) is 0 Å². The first-order valence-electron chi connectivity index (χ1n) is 9.39. The first kappa shape index (κ1) is 19.5. The molecule has 6 atom stereocenters. The first-order valence-corrected chi connectivity index (χ1v) is 9.39. The van der Waals surface area contributed by atoms with Gasteiger partial charge in [-0.2, -0.15) is 0 Å². The average Bonchev–Trinajstić information content (AvgIpc) is 3.24. The topological polar surface area (TPSA) is 88.5 Å². The summed E-state index contributed by atoms with van der Waals surface area (Å²) in [6, 6.07) is 0. The van der Waals surface area contributed by atoms with Crippen molar-refractivity contribution in [1.29, 1.82) is 0 Å². The molecule has 2 fully saturated rings. The number of hydrogen-bond acceptors (Lipinski definition) is 6. The number of carbonyl (C=O) groups excluding carboxylic acids is 1. The highest BCUT2D eigenvalue weighted by atomic mass is 17.1. The van der Waals surface area contributed by atoms with Gasteiger partial charge in [0.05, 0.1) is 11.7 Å². The standard InChI is InChI=1S/C20H30O6/c1-13-14-6-11-20(4)15(25-20)7-10-18(2,26-23)8-5-9-19(3,22)16(12-14)24-17(13)21/h5,8,14-16,22-23H,1,6-7,9-12H2,2-4H3. The third-order valence-corrected chi connectivity index (χ3v) is 6.33. The molecule has 2 saturated heterocycles. The lowest BCUT2D eigenvalue weighted by atomic mass is 9.79. The smallest absolute Gasteiger partial charge is 0.334 e. The monoisotopic (exact) mass is 366 g/mol. The molecule has 0 saturated carbocycles. The molecular weight excluding hydrogens is 336 g/mol. The zero-order valence-corrected chi connectivity index (χ0v) is 15.9. The Morgan fingerprint density at radius 1 is 1.23 bits per heavy atom. The minimum Gasteiger partial charge on any atom is -0.456 e. The summed E-state index contributed by atoms with van der Waals surface area (Å²) in [5, 5.41) is 20.2. The molecule has 0 radical (unpaired) electrons. The number of ether oxygens (including phenoxy) is 2. The van der Waals surface area contributed by atoms with Crippen LogP contribution >= 0.6 is 0 Å². The fourth-order valence-electron chi connectivity index (χ4n) is 4.08. The number of esters is 1. The molecule has 3 rings (SSSR count). The van der Waals surface area contributed by atoms with Crippen LogP contribution in [0.25, 0.3) is 0 Å². The molecule has 2 heterocycles. The Balaban J connectivity index is 1.84. The Hall–Kier alpha value is -1.21. The fourth-order valence-corrected chi connectivity index (χ4v) is 4.08. The molecule has 0 aromatic carbocycles. The van der Waals surface area contributed by atoms with E-state index in [0.717, 1.165) is 19.3 Å². The Kier molecular flexibility index (Phi) is 5.07. The van der Waals surface area contributed by atoms with Crippen LogP contribution in [-0.4, -0.2) is 45.3 Å². The Labute approximate surface area is 154 Å². The quantitative estimate of drug-likeness (QED) is 0.185. The van der Waals surface area contributed by atoms with E-state index >= 15 is 0 Å². The summed E-state index contributed by atoms with van der Waals surface area (Å²) in [5.41, 5.74) is -1.77. The van der Waals surface area contributed by atoms with Crippen LogP contribution < -0.4 is 0 Å². The molecule has 3 aliphatic rings. The van der Waals surface area contributed by atoms with E-state index in [9.17, 15) is 15.2 Å². The summed E-state index contributed by atoms with van der Waals surface area (Å²) < 4.78 is 11.4. The predicted octanol–water partition coefficient (Wildman–Crippen LogP) is 3.15. The highest BCUT2D eigenvalue weighted by Gasteiger charge is 2.52. The van der Waals surface area contributed by atoms with Gasteiger partial charge in [-0.05, 0) is 65.2 Å². The predicted molar refractivity (Wildman–Crippen MR) is 95.4 cm³/mol. The van der Waals surface area contributed by atoms with Crippen LogP contribution in [0, 0.1) is 5.92 Å². The SMILES string of the molecule is C=C1C(=O)OC2CC1CCC1(C)OC1CCC(C)(OO)C=CCC2(C)O. The zero-order chi connectivity index (χ0) is 19.2. The molecule has 0 spiro atoms. The molecule has 1 aliphatic carbocycles. The van der Waals surface area contributed by atoms with E-state index in [1.165, 1.54) is 0 Å². The van der Waals surface area contributed by atoms with E-state index in [-0.39, 0.29) is 17.6 Å². The number of epoxide rings is 1. The maximum atomic E-state index is 12.2. The highest BCUT2D eigenvalue weighted by Crippen LogP contribution is 2.46. The molecule has 0 amide bonds. The summed E-state index contributed by atoms with van der Waals surface area (Å²) in [4.78, 5) is 16.9. The minimum absolute atomic E-state index is 0.00707. The van der Waals surface area contributed by atoms with Crippen molar-refractivity contribution < 1.29 is 29.5 Å². The number of hydrogen-bond donors (Lipinski definition) is 2. The molecule has 26 heavy (non-hydrogen) atoms. The van der Waals surface area contributed by atoms with Crippen molar-refractivity contribution in [3.05, 3.63) is 24.3 Å². The van der Waals surface area contributed by atoms with Gasteiger partial charge in [-0.1, -0.05) is 18.7 Å². The van der Waals surface area contributed by atoms with Crippen LogP contribution in [0.1, 0.15) is 59.3 Å². The number of fused-ring (bicyclic) bond motifs is 3. The van der Waals surface area contributed by atoms with E-state index < -0.39 is 23.3 Å². The lowest BCUT2D eigenvalue weighted by molar-refractivity contribution is -0.304. The van der Waals surface area contributed by atoms with Crippen LogP contribution in [0.15, 0.2) is 24.3 Å². The van der Waals surface area contributed by atoms with Gasteiger partial charge in [-0.15, -0.1) is 0 Å².